The van der Waals surface area contributed by atoms with Crippen LogP contribution in [0.1, 0.15) is 235 Å². The standard InChI is InChI=1S/C37H71O8P.Na/c1-3-5-7-9-11-13-15-17-18-20-22-24-26-28-30-32-37(39)45-35(34-44-46(40,41)42)33-43-36(38)31-29-27-25-23-21-19-16-14-12-10-8-6-4-2;/h17-18,35H,3-16,19-34H2,1-2H3,(H2,40,41,42);/b18-17-;/t35-;/m1./s1/i2D3,4D2,6D2,8D2,10D2,12D2,14D2,16D2,19D2,21D2,23D2,25D2,27D2,29D2,31D2;. The van der Waals surface area contributed by atoms with Crippen molar-refractivity contribution in [2.24, 2.45) is 0 Å². The van der Waals surface area contributed by atoms with Crippen molar-refractivity contribution < 1.29 is 80.4 Å². The molecule has 0 aliphatic heterocycles. The summed E-state index contributed by atoms with van der Waals surface area (Å²) < 4.78 is 278. The van der Waals surface area contributed by atoms with Gasteiger partial charge in [0.25, 0.3) is 0 Å². The van der Waals surface area contributed by atoms with Crippen LogP contribution in [-0.4, -0.2) is 70.6 Å². The van der Waals surface area contributed by atoms with E-state index in [1.54, 1.807) is 0 Å². The molecule has 0 saturated heterocycles. The van der Waals surface area contributed by atoms with Crippen molar-refractivity contribution in [2.45, 2.75) is 199 Å². The predicted molar refractivity (Wildman–Crippen MR) is 194 cm³/mol. The summed E-state index contributed by atoms with van der Waals surface area (Å²) >= 11 is 0. The van der Waals surface area contributed by atoms with Gasteiger partial charge in [-0.1, -0.05) is 154 Å². The van der Waals surface area contributed by atoms with E-state index in [4.69, 9.17) is 47.2 Å². The fourth-order valence-corrected chi connectivity index (χ4v) is 3.87. The minimum Gasteiger partial charge on any atom is -0.462 e. The first-order valence-corrected chi connectivity index (χ1v) is 16.7. The van der Waals surface area contributed by atoms with E-state index in [1.165, 1.54) is 32.1 Å². The summed E-state index contributed by atoms with van der Waals surface area (Å²) in [7, 11) is -5.36. The van der Waals surface area contributed by atoms with Gasteiger partial charge in [-0.15, -0.1) is 0 Å². The summed E-state index contributed by atoms with van der Waals surface area (Å²) in [6.45, 7) is -4.69. The molecule has 0 rings (SSSR count). The number of allylic oxidation sites excluding steroid dienone is 2. The first kappa shape index (κ1) is 17.1. The van der Waals surface area contributed by atoms with Crippen molar-refractivity contribution in [2.75, 3.05) is 13.2 Å². The van der Waals surface area contributed by atoms with Crippen LogP contribution < -0.4 is 0 Å². The minimum atomic E-state index is -5.36. The maximum Gasteiger partial charge on any atom is 0.469 e. The van der Waals surface area contributed by atoms with E-state index in [0.29, 0.717) is 12.8 Å². The summed E-state index contributed by atoms with van der Waals surface area (Å²) in [6.07, 6.45) is -55.8. The molecule has 0 aromatic carbocycles. The van der Waals surface area contributed by atoms with Gasteiger partial charge in [0.15, 0.2) is 6.10 Å². The van der Waals surface area contributed by atoms with Gasteiger partial charge in [0.05, 0.1) is 6.61 Å². The van der Waals surface area contributed by atoms with Crippen LogP contribution >= 0.6 is 7.82 Å². The molecule has 273 valence electrons. The first-order chi connectivity index (χ1) is 34.0. The van der Waals surface area contributed by atoms with Gasteiger partial charge in [-0.05, 0) is 38.5 Å². The molecule has 8 nitrogen and oxygen atoms in total. The second-order valence-electron chi connectivity index (χ2n) is 9.58. The number of phosphoric ester groups is 1. The average Bonchev–Trinajstić information content (AvgIpc) is 3.26. The second-order valence-corrected chi connectivity index (χ2v) is 10.8. The number of esters is 2. The first-order valence-electron chi connectivity index (χ1n) is 30.7. The maximum atomic E-state index is 13.2. The minimum absolute atomic E-state index is 0. The number of rotatable bonds is 35. The Kier molecular flexibility index (Phi) is 13.5. The molecule has 0 aliphatic rings. The normalized spacial score (nSPS) is 26.6. The zero-order valence-corrected chi connectivity index (χ0v) is 30.2. The van der Waals surface area contributed by atoms with Crippen molar-refractivity contribution in [3.8, 4) is 0 Å². The largest absolute Gasteiger partial charge is 0.469 e. The summed E-state index contributed by atoms with van der Waals surface area (Å²) in [4.78, 5) is 44.3. The number of hydrogen-bond donors (Lipinski definition) is 2. The molecule has 0 saturated carbocycles. The van der Waals surface area contributed by atoms with Crippen LogP contribution in [0, 0.1) is 0 Å². The molecule has 0 aliphatic carbocycles. The molecular formula is C37H71NaO8P. The average molecular weight is 729 g/mol. The number of carbonyl (C=O) groups excluding carboxylic acids is 2. The van der Waals surface area contributed by atoms with Gasteiger partial charge in [0, 0.05) is 84.8 Å². The van der Waals surface area contributed by atoms with Crippen molar-refractivity contribution in [1.29, 1.82) is 0 Å². The van der Waals surface area contributed by atoms with E-state index in [2.05, 4.69) is 28.3 Å². The molecule has 0 aromatic heterocycles. The number of carbonyl (C=O) groups is 2. The van der Waals surface area contributed by atoms with Crippen LogP contribution in [-0.2, 0) is 28.2 Å². The van der Waals surface area contributed by atoms with Crippen LogP contribution in [0.3, 0.4) is 0 Å². The Morgan fingerprint density at radius 1 is 0.702 bits per heavy atom. The van der Waals surface area contributed by atoms with E-state index >= 15 is 0 Å². The Hall–Kier alpha value is -0.210. The summed E-state index contributed by atoms with van der Waals surface area (Å²) in [5, 5.41) is 0. The zero-order valence-electron chi connectivity index (χ0n) is 58.3. The molecule has 0 heterocycles. The Morgan fingerprint density at radius 3 is 1.72 bits per heavy atom. The van der Waals surface area contributed by atoms with Gasteiger partial charge in [0.1, 0.15) is 6.61 Å². The smallest absolute Gasteiger partial charge is 0.462 e. The third kappa shape index (κ3) is 40.1. The fourth-order valence-electron chi connectivity index (χ4n) is 3.51. The van der Waals surface area contributed by atoms with Gasteiger partial charge in [-0.2, -0.15) is 0 Å². The van der Waals surface area contributed by atoms with Crippen LogP contribution in [0.25, 0.3) is 0 Å². The number of phosphoric acid groups is 1. The number of hydrogen-bond acceptors (Lipinski definition) is 6. The van der Waals surface area contributed by atoms with Gasteiger partial charge in [0.2, 0.25) is 0 Å². The van der Waals surface area contributed by atoms with Crippen LogP contribution in [0.2, 0.25) is 0 Å². The Bertz CT molecular complexity index is 2010. The topological polar surface area (TPSA) is 119 Å². The zero-order chi connectivity index (χ0) is 61.6. The molecular weight excluding hydrogens is 626 g/mol. The SMILES string of the molecule is [2H]C([2H])([2H])C([2H])([2H])C([2H])([2H])C([2H])([2H])C([2H])([2H])C([2H])([2H])C([2H])([2H])C([2H])([2H])C([2H])([2H])C([2H])([2H])C([2H])([2H])C([2H])([2H])C([2H])([2H])C([2H])([2H])C([2H])([2H])C(=O)OC[C@H](COP(=O)(O)O)OC(=O)CCCCCCC/C=C\CCCCCCCC.[Na]. The van der Waals surface area contributed by atoms with Crippen molar-refractivity contribution >= 4 is 49.3 Å². The molecule has 2 N–H and O–H groups in total. The summed E-state index contributed by atoms with van der Waals surface area (Å²) in [5.41, 5.74) is 0. The molecule has 0 unspecified atom stereocenters. The van der Waals surface area contributed by atoms with Gasteiger partial charge < -0.3 is 19.3 Å². The van der Waals surface area contributed by atoms with Crippen molar-refractivity contribution in [1.82, 2.24) is 0 Å². The van der Waals surface area contributed by atoms with E-state index in [-0.39, 0.29) is 42.4 Å². The third-order valence-electron chi connectivity index (χ3n) is 5.68. The van der Waals surface area contributed by atoms with E-state index in [1.807, 2.05) is 0 Å². The molecule has 47 heavy (non-hydrogen) atoms. The fraction of sp³-hybridized carbons (Fsp3) is 0.892. The van der Waals surface area contributed by atoms with Crippen LogP contribution in [0.15, 0.2) is 12.2 Å². The Morgan fingerprint density at radius 2 is 1.19 bits per heavy atom. The summed E-state index contributed by atoms with van der Waals surface area (Å²) in [6, 6.07) is 0. The number of ether oxygens (including phenoxy) is 2. The van der Waals surface area contributed by atoms with Gasteiger partial charge in [-0.3, -0.25) is 14.1 Å². The quantitative estimate of drug-likeness (QED) is 0.0218. The molecule has 1 atom stereocenters. The molecule has 0 bridgehead atoms. The Balaban J connectivity index is 0. The maximum absolute atomic E-state index is 13.2. The van der Waals surface area contributed by atoms with Gasteiger partial charge >= 0.3 is 19.8 Å². The van der Waals surface area contributed by atoms with Crippen LogP contribution in [0.4, 0.5) is 0 Å². The summed E-state index contributed by atoms with van der Waals surface area (Å²) in [5.74, 6) is -3.57. The van der Waals surface area contributed by atoms with Crippen molar-refractivity contribution in [3.63, 3.8) is 0 Å². The van der Waals surface area contributed by atoms with E-state index in [0.717, 1.165) is 32.1 Å². The van der Waals surface area contributed by atoms with Crippen molar-refractivity contribution in [3.05, 3.63) is 12.2 Å². The van der Waals surface area contributed by atoms with Crippen LogP contribution in [0.5, 0.6) is 0 Å². The second kappa shape index (κ2) is 37.1. The third-order valence-corrected chi connectivity index (χ3v) is 6.17. The molecule has 0 spiro atoms. The molecule has 10 heteroatoms. The monoisotopic (exact) mass is 729 g/mol. The van der Waals surface area contributed by atoms with Gasteiger partial charge in [-0.25, -0.2) is 4.57 Å². The van der Waals surface area contributed by atoms with E-state index < -0.39 is 135 Å². The number of unbranched alkanes of at least 4 members (excludes halogenated alkanes) is 11. The molecule has 0 aromatic rings. The molecule has 0 fully saturated rings. The van der Waals surface area contributed by atoms with E-state index in [9.17, 15) is 23.9 Å². The Labute approximate surface area is 354 Å². The predicted octanol–water partition coefficient (Wildman–Crippen LogP) is 10.7. The molecule has 0 amide bonds. The molecule has 1 radical (unpaired) electrons.